The second kappa shape index (κ2) is 9.22. The molecule has 0 radical (unpaired) electrons. The van der Waals surface area contributed by atoms with Crippen molar-refractivity contribution in [3.8, 4) is 17.3 Å². The van der Waals surface area contributed by atoms with Crippen molar-refractivity contribution in [3.63, 3.8) is 0 Å². The zero-order chi connectivity index (χ0) is 26.4. The maximum absolute atomic E-state index is 15.5. The molecule has 4 heterocycles. The highest BCUT2D eigenvalue weighted by Gasteiger charge is 2.29. The highest BCUT2D eigenvalue weighted by atomic mass is 19.1. The summed E-state index contributed by atoms with van der Waals surface area (Å²) in [5, 5.41) is 20.2. The van der Waals surface area contributed by atoms with Gasteiger partial charge in [-0.25, -0.2) is 14.2 Å². The topological polar surface area (TPSA) is 121 Å². The monoisotopic (exact) mass is 514 g/mol. The summed E-state index contributed by atoms with van der Waals surface area (Å²) < 4.78 is 23.0. The number of pyridine rings is 2. The fraction of sp³-hybridized carbons (Fsp3) is 0.179. The molecule has 192 valence electrons. The Kier molecular flexibility index (Phi) is 5.71. The number of anilines is 1. The van der Waals surface area contributed by atoms with Gasteiger partial charge in [-0.05, 0) is 55.3 Å². The van der Waals surface area contributed by atoms with E-state index in [1.807, 2.05) is 23.2 Å². The molecule has 1 fully saturated rings. The number of carboxylic acids is 1. The maximum atomic E-state index is 15.5. The third-order valence-electron chi connectivity index (χ3n) is 6.95. The van der Waals surface area contributed by atoms with Crippen LogP contribution in [-0.4, -0.2) is 49.9 Å². The number of carbonyl (C=O) groups is 1. The number of aromatic carboxylic acids is 1. The van der Waals surface area contributed by atoms with Gasteiger partial charge in [-0.15, -0.1) is 0 Å². The van der Waals surface area contributed by atoms with Crippen LogP contribution in [0.25, 0.3) is 27.5 Å². The van der Waals surface area contributed by atoms with E-state index in [0.717, 1.165) is 29.8 Å². The average molecular weight is 515 g/mol. The number of benzene rings is 2. The smallest absolute Gasteiger partial charge is 0.341 e. The summed E-state index contributed by atoms with van der Waals surface area (Å²) in [6.07, 6.45) is 6.38. The molecule has 0 spiro atoms. The van der Waals surface area contributed by atoms with Crippen molar-refractivity contribution >= 4 is 33.5 Å². The van der Waals surface area contributed by atoms with Gasteiger partial charge in [0.05, 0.1) is 29.0 Å². The normalized spacial score (nSPS) is 15.4. The molecule has 5 aromatic rings. The number of phenolic OH excluding ortho intramolecular Hbond substituents is 1. The number of halogens is 1. The van der Waals surface area contributed by atoms with Crippen LogP contribution in [0.5, 0.6) is 11.6 Å². The summed E-state index contributed by atoms with van der Waals surface area (Å²) >= 11 is 0. The Bertz CT molecular complexity index is 1740. The molecule has 0 saturated carbocycles. The van der Waals surface area contributed by atoms with Gasteiger partial charge in [0.1, 0.15) is 23.7 Å². The van der Waals surface area contributed by atoms with Crippen molar-refractivity contribution in [3.05, 3.63) is 88.7 Å². The van der Waals surface area contributed by atoms with Crippen molar-refractivity contribution in [1.82, 2.24) is 14.5 Å². The lowest BCUT2D eigenvalue weighted by atomic mass is 10.1. The van der Waals surface area contributed by atoms with E-state index in [2.05, 4.69) is 9.97 Å². The van der Waals surface area contributed by atoms with Crippen LogP contribution >= 0.6 is 0 Å². The number of phenols is 1. The fourth-order valence-electron chi connectivity index (χ4n) is 5.05. The van der Waals surface area contributed by atoms with Gasteiger partial charge in [0.2, 0.25) is 11.3 Å². The molecule has 38 heavy (non-hydrogen) atoms. The number of ether oxygens (including phenoxy) is 1. The molecule has 1 saturated heterocycles. The van der Waals surface area contributed by atoms with Gasteiger partial charge in [-0.3, -0.25) is 4.79 Å². The van der Waals surface area contributed by atoms with E-state index in [9.17, 15) is 19.8 Å². The molecule has 3 N–H and O–H groups in total. The first-order chi connectivity index (χ1) is 18.4. The van der Waals surface area contributed by atoms with Crippen molar-refractivity contribution in [2.45, 2.75) is 18.9 Å². The minimum absolute atomic E-state index is 0.0364. The lowest BCUT2D eigenvalue weighted by Gasteiger charge is -2.27. The predicted molar refractivity (Wildman–Crippen MR) is 140 cm³/mol. The first kappa shape index (κ1) is 23.5. The Hall–Kier alpha value is -4.86. The fourth-order valence-corrected chi connectivity index (χ4v) is 5.05. The predicted octanol–water partition coefficient (Wildman–Crippen LogP) is 4.46. The zero-order valence-electron chi connectivity index (χ0n) is 20.1. The lowest BCUT2D eigenvalue weighted by Crippen LogP contribution is -2.35. The molecule has 10 heteroatoms. The number of aromatic hydroxyl groups is 1. The maximum Gasteiger partial charge on any atom is 0.341 e. The minimum atomic E-state index is -1.41. The third kappa shape index (κ3) is 4.09. The molecule has 9 nitrogen and oxygen atoms in total. The molecule has 2 aromatic carbocycles. The van der Waals surface area contributed by atoms with E-state index in [4.69, 9.17) is 4.74 Å². The number of fused-ring (bicyclic) bond motifs is 2. The Morgan fingerprint density at radius 1 is 1.18 bits per heavy atom. The Morgan fingerprint density at radius 2 is 2.00 bits per heavy atom. The Morgan fingerprint density at radius 3 is 2.79 bits per heavy atom. The van der Waals surface area contributed by atoms with E-state index in [-0.39, 0.29) is 17.2 Å². The summed E-state index contributed by atoms with van der Waals surface area (Å²) in [5.74, 6) is -1.51. The highest BCUT2D eigenvalue weighted by Crippen LogP contribution is 2.32. The average Bonchev–Trinajstić information content (AvgIpc) is 3.57. The van der Waals surface area contributed by atoms with Crippen LogP contribution < -0.4 is 15.1 Å². The van der Waals surface area contributed by atoms with Gasteiger partial charge in [0, 0.05) is 41.5 Å². The van der Waals surface area contributed by atoms with E-state index in [1.165, 1.54) is 22.9 Å². The molecule has 0 bridgehead atoms. The SMILES string of the molecule is O=C(O)c1cn(-c2ccc(O)cc2)c2cc(N3CCC[C@@H]3COc3cc4cc[nH]c4cn3)c(F)cc2c1=O. The Labute approximate surface area is 215 Å². The van der Waals surface area contributed by atoms with Crippen molar-refractivity contribution in [1.29, 1.82) is 0 Å². The summed E-state index contributed by atoms with van der Waals surface area (Å²) in [6.45, 7) is 0.889. The number of carboxylic acid groups (broad SMARTS) is 1. The lowest BCUT2D eigenvalue weighted by molar-refractivity contribution is 0.0695. The highest BCUT2D eigenvalue weighted by molar-refractivity contribution is 5.94. The Balaban J connectivity index is 1.39. The molecule has 1 aliphatic heterocycles. The number of hydrogen-bond acceptors (Lipinski definition) is 6. The molecule has 3 aromatic heterocycles. The molecule has 0 aliphatic carbocycles. The van der Waals surface area contributed by atoms with Crippen LogP contribution in [0.3, 0.4) is 0 Å². The van der Waals surface area contributed by atoms with Crippen molar-refractivity contribution in [2.75, 3.05) is 18.1 Å². The first-order valence-corrected chi connectivity index (χ1v) is 12.1. The van der Waals surface area contributed by atoms with E-state index in [1.54, 1.807) is 24.4 Å². The van der Waals surface area contributed by atoms with E-state index >= 15 is 4.39 Å². The summed E-state index contributed by atoms with van der Waals surface area (Å²) in [6, 6.07) is 12.4. The number of hydrogen-bond donors (Lipinski definition) is 3. The third-order valence-corrected chi connectivity index (χ3v) is 6.95. The van der Waals surface area contributed by atoms with Gasteiger partial charge in [-0.1, -0.05) is 0 Å². The van der Waals surface area contributed by atoms with Crippen LogP contribution in [0, 0.1) is 5.82 Å². The van der Waals surface area contributed by atoms with Crippen molar-refractivity contribution < 1.29 is 24.1 Å². The van der Waals surface area contributed by atoms with Gasteiger partial charge in [-0.2, -0.15) is 0 Å². The molecule has 0 amide bonds. The number of aromatic nitrogens is 3. The van der Waals surface area contributed by atoms with Crippen molar-refractivity contribution in [2.24, 2.45) is 0 Å². The summed E-state index contributed by atoms with van der Waals surface area (Å²) in [7, 11) is 0. The van der Waals surface area contributed by atoms with Crippen LogP contribution in [0.4, 0.5) is 10.1 Å². The van der Waals surface area contributed by atoms with E-state index in [0.29, 0.717) is 35.9 Å². The second-order valence-electron chi connectivity index (χ2n) is 9.27. The zero-order valence-corrected chi connectivity index (χ0v) is 20.1. The molecule has 0 unspecified atom stereocenters. The second-order valence-corrected chi connectivity index (χ2v) is 9.27. The standard InChI is InChI=1S/C28H23FN4O5/c29-22-11-20-24(33(14-21(27(20)35)28(36)37)17-3-5-19(34)6-4-17)12-25(22)32-9-1-2-18(32)15-38-26-10-16-7-8-30-23(16)13-31-26/h3-8,10-14,18,30,34H,1-2,9,15H2,(H,36,37)/t18-/m1/s1. The molecular formula is C28H23FN4O5. The molecular weight excluding hydrogens is 491 g/mol. The van der Waals surface area contributed by atoms with Gasteiger partial charge in [0.15, 0.2) is 0 Å². The van der Waals surface area contributed by atoms with E-state index < -0.39 is 22.8 Å². The van der Waals surface area contributed by atoms with Gasteiger partial charge < -0.3 is 29.4 Å². The number of rotatable bonds is 6. The largest absolute Gasteiger partial charge is 0.508 e. The van der Waals surface area contributed by atoms with Crippen LogP contribution in [0.15, 0.2) is 71.9 Å². The quantitative estimate of drug-likeness (QED) is 0.306. The first-order valence-electron chi connectivity index (χ1n) is 12.1. The number of nitrogens with one attached hydrogen (secondary N) is 1. The molecule has 1 aliphatic rings. The van der Waals surface area contributed by atoms with Crippen LogP contribution in [-0.2, 0) is 0 Å². The number of aromatic amines is 1. The molecule has 6 rings (SSSR count). The van der Waals surface area contributed by atoms with Gasteiger partial charge in [0.25, 0.3) is 0 Å². The van der Waals surface area contributed by atoms with Crippen LogP contribution in [0.1, 0.15) is 23.2 Å². The number of nitrogens with zero attached hydrogens (tertiary/aromatic N) is 3. The number of H-pyrrole nitrogens is 1. The van der Waals surface area contributed by atoms with Crippen LogP contribution in [0.2, 0.25) is 0 Å². The van der Waals surface area contributed by atoms with Gasteiger partial charge >= 0.3 is 5.97 Å². The minimum Gasteiger partial charge on any atom is -0.508 e. The molecule has 1 atom stereocenters. The summed E-state index contributed by atoms with van der Waals surface area (Å²) in [4.78, 5) is 34.1. The summed E-state index contributed by atoms with van der Waals surface area (Å²) in [5.41, 5.74) is 0.836.